The minimum absolute atomic E-state index is 0.169. The van der Waals surface area contributed by atoms with Crippen molar-refractivity contribution in [2.24, 2.45) is 0 Å². The van der Waals surface area contributed by atoms with Crippen LogP contribution < -0.4 is 10.2 Å². The molecule has 6 aromatic carbocycles. The summed E-state index contributed by atoms with van der Waals surface area (Å²) in [5.41, 5.74) is 15.9. The van der Waals surface area contributed by atoms with Crippen LogP contribution in [0.25, 0.3) is 33.4 Å². The molecule has 0 fully saturated rings. The zero-order valence-electron chi connectivity index (χ0n) is 27.2. The average Bonchev–Trinajstić information content (AvgIpc) is 3.47. The highest BCUT2D eigenvalue weighted by molar-refractivity contribution is 14.2. The van der Waals surface area contributed by atoms with Crippen LogP contribution in [0.1, 0.15) is 49.9 Å². The molecule has 0 aromatic heterocycles. The second-order valence-electron chi connectivity index (χ2n) is 13.7. The van der Waals surface area contributed by atoms with Crippen LogP contribution in [-0.4, -0.2) is 0 Å². The lowest BCUT2D eigenvalue weighted by atomic mass is 9.80. The molecule has 0 bridgehead atoms. The predicted octanol–water partition coefficient (Wildman–Crippen LogP) is 12.0. The van der Waals surface area contributed by atoms with Crippen molar-refractivity contribution < 1.29 is 4.57 Å². The lowest BCUT2D eigenvalue weighted by Gasteiger charge is -2.28. The van der Waals surface area contributed by atoms with Crippen molar-refractivity contribution in [3.63, 3.8) is 0 Å². The van der Waals surface area contributed by atoms with Crippen LogP contribution in [0.15, 0.2) is 133 Å². The van der Waals surface area contributed by atoms with Gasteiger partial charge in [-0.25, -0.2) is 0 Å². The Morgan fingerprint density at radius 2 is 0.958 bits per heavy atom. The van der Waals surface area contributed by atoms with Gasteiger partial charge in [-0.05, 0) is 154 Å². The zero-order valence-corrected chi connectivity index (χ0v) is 32.0. The molecule has 48 heavy (non-hydrogen) atoms. The van der Waals surface area contributed by atoms with E-state index in [1.54, 1.807) is 0 Å². The van der Waals surface area contributed by atoms with Crippen molar-refractivity contribution in [2.75, 3.05) is 4.90 Å². The number of nitrogens with zero attached hydrogens (tertiary/aromatic N) is 1. The third-order valence-electron chi connectivity index (χ3n) is 10.3. The molecule has 6 heteroatoms. The van der Waals surface area contributed by atoms with Crippen molar-refractivity contribution in [3.8, 4) is 33.4 Å². The summed E-state index contributed by atoms with van der Waals surface area (Å²) in [6.45, 7) is 7.73. The van der Waals surface area contributed by atoms with Gasteiger partial charge in [0.15, 0.2) is 6.58 Å². The molecule has 238 valence electrons. The average molecular weight is 792 g/mol. The summed E-state index contributed by atoms with van der Waals surface area (Å²) < 4.78 is 12.9. The summed E-state index contributed by atoms with van der Waals surface area (Å²) in [6.07, 6.45) is 0. The number of fused-ring (bicyclic) bond motifs is 6. The van der Waals surface area contributed by atoms with E-state index in [0.717, 1.165) is 22.4 Å². The second-order valence-corrected chi connectivity index (χ2v) is 26.6. The summed E-state index contributed by atoms with van der Waals surface area (Å²) in [7, 11) is 0. The van der Waals surface area contributed by atoms with E-state index >= 15 is 0 Å². The smallest absolute Gasteiger partial charge is 0.166 e. The van der Waals surface area contributed by atoms with Gasteiger partial charge in [0.1, 0.15) is 0 Å². The fourth-order valence-electron chi connectivity index (χ4n) is 7.76. The predicted molar refractivity (Wildman–Crippen MR) is 219 cm³/mol. The van der Waals surface area contributed by atoms with E-state index in [0.29, 0.717) is 0 Å². The van der Waals surface area contributed by atoms with E-state index in [4.69, 9.17) is 11.2 Å². The van der Waals surface area contributed by atoms with Gasteiger partial charge in [-0.1, -0.05) is 100 Å². The van der Waals surface area contributed by atoms with Crippen molar-refractivity contribution in [1.29, 1.82) is 0 Å². The summed E-state index contributed by atoms with van der Waals surface area (Å²) in [5.74, 6) is -0.964. The Morgan fingerprint density at radius 1 is 0.542 bits per heavy atom. The number of halogens is 1. The maximum absolute atomic E-state index is 12.9. The highest BCUT2D eigenvalue weighted by atomic mass is 127. The Kier molecular flexibility index (Phi) is 7.84. The summed E-state index contributed by atoms with van der Waals surface area (Å²) >= 11 is 7.56. The molecular formula is C42H35INOPS2. The molecule has 0 N–H and O–H groups in total. The Balaban J connectivity index is 1.18. The Morgan fingerprint density at radius 3 is 1.44 bits per heavy atom. The topological polar surface area (TPSA) is 20.3 Å². The largest absolute Gasteiger partial charge is 0.310 e. The molecule has 0 saturated heterocycles. The fraction of sp³-hybridized carbons (Fsp3) is 0.143. The van der Waals surface area contributed by atoms with Gasteiger partial charge in [0.25, 0.3) is 0 Å². The SMILES string of the molecule is CC1(C)c2cc(-c3ccc4c(c3)C(C)(C)c3cc(P(=O)=[SH](=S)I)ccc3-4)ccc2-c2ccc(N(c3ccccc3)c3ccccc3)cc21. The van der Waals surface area contributed by atoms with E-state index in [9.17, 15) is 4.57 Å². The molecule has 0 spiro atoms. The van der Waals surface area contributed by atoms with Crippen molar-refractivity contribution in [2.45, 2.75) is 38.5 Å². The van der Waals surface area contributed by atoms with Crippen LogP contribution in [0.2, 0.25) is 0 Å². The monoisotopic (exact) mass is 791 g/mol. The standard InChI is InChI=1S/C42H35INOPS2/c1-41(2)37-23-27(28-16-20-34-36-22-18-32(46(45)48(43)47)26-40(36)42(3,4)38(34)24-28)15-19-33(37)35-21-17-31(25-39(35)41)44(29-11-7-5-8-12-29)30-13-9-6-10-14-30/h5-26,48H,1-4H3. The van der Waals surface area contributed by atoms with Crippen LogP contribution in [0.5, 0.6) is 0 Å². The van der Waals surface area contributed by atoms with Crippen LogP contribution in [0, 0.1) is 0 Å². The molecule has 0 aliphatic heterocycles. The minimum Gasteiger partial charge on any atom is -0.310 e. The molecule has 0 heterocycles. The van der Waals surface area contributed by atoms with E-state index in [1.165, 1.54) is 55.6 Å². The highest BCUT2D eigenvalue weighted by Crippen LogP contribution is 2.53. The molecule has 2 aliphatic rings. The molecular weight excluding hydrogens is 756 g/mol. The van der Waals surface area contributed by atoms with Gasteiger partial charge < -0.3 is 4.90 Å². The molecule has 2 aliphatic carbocycles. The lowest BCUT2D eigenvalue weighted by Crippen LogP contribution is -2.17. The van der Waals surface area contributed by atoms with Gasteiger partial charge in [0.2, 0.25) is 0 Å². The number of thiol groups is 1. The molecule has 0 saturated carbocycles. The number of hydrogen-bond donors (Lipinski definition) is 1. The first-order valence-electron chi connectivity index (χ1n) is 16.2. The highest BCUT2D eigenvalue weighted by Gasteiger charge is 2.38. The quantitative estimate of drug-likeness (QED) is 0.0813. The van der Waals surface area contributed by atoms with Gasteiger partial charge in [0, 0.05) is 33.2 Å². The van der Waals surface area contributed by atoms with Gasteiger partial charge in [-0.15, -0.1) is 0 Å². The molecule has 2 atom stereocenters. The lowest BCUT2D eigenvalue weighted by molar-refractivity contribution is 0.602. The molecule has 0 amide bonds. The van der Waals surface area contributed by atoms with Crippen LogP contribution in [0.3, 0.4) is 0 Å². The normalized spacial score (nSPS) is 15.6. The summed E-state index contributed by atoms with van der Waals surface area (Å²) in [4.78, 5) is 2.34. The number of para-hydroxylation sites is 2. The zero-order chi connectivity index (χ0) is 33.4. The third kappa shape index (κ3) is 5.05. The number of benzene rings is 6. The number of hydrogen-bond acceptors (Lipinski definition) is 3. The van der Waals surface area contributed by atoms with E-state index in [2.05, 4.69) is 181 Å². The van der Waals surface area contributed by atoms with Crippen LogP contribution >= 0.6 is 27.8 Å². The number of rotatable bonds is 5. The third-order valence-corrected chi connectivity index (χ3v) is 17.7. The van der Waals surface area contributed by atoms with Gasteiger partial charge in [-0.2, -0.15) is 0 Å². The molecule has 8 rings (SSSR count). The van der Waals surface area contributed by atoms with Gasteiger partial charge >= 0.3 is 0 Å². The molecule has 6 aromatic rings. The minimum atomic E-state index is -1.55. The Bertz CT molecular complexity index is 2370. The summed E-state index contributed by atoms with van der Waals surface area (Å²) in [5, 5.41) is 0.875. The van der Waals surface area contributed by atoms with Crippen molar-refractivity contribution in [3.05, 3.63) is 156 Å². The van der Waals surface area contributed by atoms with Crippen LogP contribution in [-0.2, 0) is 32.4 Å². The first-order valence-corrected chi connectivity index (χ1v) is 23.3. The van der Waals surface area contributed by atoms with E-state index in [1.807, 2.05) is 6.07 Å². The Labute approximate surface area is 302 Å². The number of anilines is 3. The first-order chi connectivity index (χ1) is 23.1. The van der Waals surface area contributed by atoms with Crippen molar-refractivity contribution >= 4 is 67.1 Å². The van der Waals surface area contributed by atoms with Gasteiger partial charge in [-0.3, -0.25) is 4.57 Å². The van der Waals surface area contributed by atoms with E-state index < -0.39 is 12.4 Å². The Hall–Kier alpha value is -3.48. The molecule has 0 radical (unpaired) electrons. The molecule has 2 unspecified atom stereocenters. The van der Waals surface area contributed by atoms with Gasteiger partial charge in [0.05, 0.1) is 0 Å². The first kappa shape index (κ1) is 31.8. The van der Waals surface area contributed by atoms with Crippen molar-refractivity contribution in [1.82, 2.24) is 0 Å². The fourth-order valence-corrected chi connectivity index (χ4v) is 12.4. The molecule has 2 nitrogen and oxygen atoms in total. The van der Waals surface area contributed by atoms with Crippen LogP contribution in [0.4, 0.5) is 17.1 Å². The maximum Gasteiger partial charge on any atom is 0.166 e. The van der Waals surface area contributed by atoms with E-state index in [-0.39, 0.29) is 10.8 Å². The second kappa shape index (κ2) is 11.8. The maximum atomic E-state index is 12.9. The summed E-state index contributed by atoms with van der Waals surface area (Å²) in [6, 6.07) is 48.4.